The molecule has 1 atom stereocenters. The van der Waals surface area contributed by atoms with Gasteiger partial charge in [-0.1, -0.05) is 17.7 Å². The fraction of sp³-hybridized carbons (Fsp3) is 0.400. The summed E-state index contributed by atoms with van der Waals surface area (Å²) in [6.07, 6.45) is 3.05. The highest BCUT2D eigenvalue weighted by Crippen LogP contribution is 2.36. The van der Waals surface area contributed by atoms with Gasteiger partial charge in [-0.15, -0.1) is 0 Å². The number of ether oxygens (including phenoxy) is 2. The highest BCUT2D eigenvalue weighted by molar-refractivity contribution is 6.30. The Morgan fingerprint density at radius 3 is 2.50 bits per heavy atom. The minimum Gasteiger partial charge on any atom is -0.496 e. The van der Waals surface area contributed by atoms with Crippen LogP contribution < -0.4 is 14.8 Å². The van der Waals surface area contributed by atoms with Crippen molar-refractivity contribution in [1.29, 1.82) is 0 Å². The topological polar surface area (TPSA) is 30.5 Å². The third kappa shape index (κ3) is 3.52. The summed E-state index contributed by atoms with van der Waals surface area (Å²) in [5.74, 6) is 1.92. The lowest BCUT2D eigenvalue weighted by atomic mass is 9.86. The Hall–Kier alpha value is -1.71. The molecule has 1 N–H and O–H groups in total. The number of fused-ring (bicyclic) bond motifs is 1. The Kier molecular flexibility index (Phi) is 5.32. The Morgan fingerprint density at radius 1 is 1.08 bits per heavy atom. The van der Waals surface area contributed by atoms with Crippen LogP contribution in [0, 0.1) is 6.92 Å². The third-order valence-electron chi connectivity index (χ3n) is 4.87. The number of aryl methyl sites for hydroxylation is 1. The molecule has 0 bridgehead atoms. The lowest BCUT2D eigenvalue weighted by Crippen LogP contribution is -2.34. The van der Waals surface area contributed by atoms with Crippen molar-refractivity contribution in [3.63, 3.8) is 0 Å². The maximum atomic E-state index is 6.12. The number of nitrogens with one attached hydrogen (secondary N) is 1. The largest absolute Gasteiger partial charge is 0.496 e. The van der Waals surface area contributed by atoms with Gasteiger partial charge in [-0.05, 0) is 61.6 Å². The van der Waals surface area contributed by atoms with Crippen LogP contribution in [-0.2, 0) is 19.4 Å². The highest BCUT2D eigenvalue weighted by Gasteiger charge is 2.24. The molecule has 0 saturated carbocycles. The monoisotopic (exact) mass is 345 g/mol. The molecule has 0 saturated heterocycles. The maximum Gasteiger partial charge on any atom is 0.122 e. The molecule has 0 amide bonds. The van der Waals surface area contributed by atoms with E-state index in [2.05, 4.69) is 18.3 Å². The first-order valence-corrected chi connectivity index (χ1v) is 8.71. The minimum absolute atomic E-state index is 0.428. The molecule has 2 aromatic rings. The van der Waals surface area contributed by atoms with Crippen molar-refractivity contribution in [3.05, 3.63) is 57.6 Å². The number of halogens is 1. The van der Waals surface area contributed by atoms with Crippen molar-refractivity contribution in [2.45, 2.75) is 38.8 Å². The van der Waals surface area contributed by atoms with Gasteiger partial charge in [0.2, 0.25) is 0 Å². The van der Waals surface area contributed by atoms with Crippen LogP contribution in [0.1, 0.15) is 28.7 Å². The average Bonchev–Trinajstić information content (AvgIpc) is 2.61. The summed E-state index contributed by atoms with van der Waals surface area (Å²) < 4.78 is 11.1. The zero-order valence-electron chi connectivity index (χ0n) is 14.5. The fourth-order valence-electron chi connectivity index (χ4n) is 3.46. The van der Waals surface area contributed by atoms with E-state index in [0.717, 1.165) is 42.3 Å². The molecular weight excluding hydrogens is 322 g/mol. The predicted octanol–water partition coefficient (Wildman–Crippen LogP) is 4.31. The molecule has 24 heavy (non-hydrogen) atoms. The van der Waals surface area contributed by atoms with Gasteiger partial charge in [-0.3, -0.25) is 0 Å². The lowest BCUT2D eigenvalue weighted by Gasteiger charge is -2.28. The van der Waals surface area contributed by atoms with Crippen molar-refractivity contribution < 1.29 is 9.47 Å². The zero-order valence-corrected chi connectivity index (χ0v) is 15.2. The van der Waals surface area contributed by atoms with E-state index in [0.29, 0.717) is 6.04 Å². The molecule has 3 rings (SSSR count). The second-order valence-corrected chi connectivity index (χ2v) is 6.76. The van der Waals surface area contributed by atoms with Crippen molar-refractivity contribution in [3.8, 4) is 11.5 Å². The lowest BCUT2D eigenvalue weighted by molar-refractivity contribution is 0.376. The van der Waals surface area contributed by atoms with Gasteiger partial charge < -0.3 is 14.8 Å². The molecular formula is C20H24ClNO2. The van der Waals surface area contributed by atoms with Gasteiger partial charge in [0.1, 0.15) is 11.5 Å². The van der Waals surface area contributed by atoms with Gasteiger partial charge in [0.25, 0.3) is 0 Å². The molecule has 4 heteroatoms. The van der Waals surface area contributed by atoms with E-state index in [1.54, 1.807) is 14.2 Å². The number of rotatable bonds is 5. The fourth-order valence-corrected chi connectivity index (χ4v) is 3.65. The Balaban J connectivity index is 1.74. The molecule has 0 aromatic heterocycles. The molecule has 0 heterocycles. The summed E-state index contributed by atoms with van der Waals surface area (Å²) in [5, 5.41) is 4.47. The van der Waals surface area contributed by atoms with Crippen molar-refractivity contribution in [2.24, 2.45) is 0 Å². The first-order chi connectivity index (χ1) is 11.6. The summed E-state index contributed by atoms with van der Waals surface area (Å²) in [6.45, 7) is 2.95. The van der Waals surface area contributed by atoms with Crippen LogP contribution in [0.4, 0.5) is 0 Å². The van der Waals surface area contributed by atoms with Crippen LogP contribution in [0.15, 0.2) is 30.3 Å². The number of hydrogen-bond acceptors (Lipinski definition) is 3. The normalized spacial score (nSPS) is 16.6. The van der Waals surface area contributed by atoms with Gasteiger partial charge in [0.05, 0.1) is 14.2 Å². The quantitative estimate of drug-likeness (QED) is 0.875. The van der Waals surface area contributed by atoms with Crippen LogP contribution >= 0.6 is 11.6 Å². The smallest absolute Gasteiger partial charge is 0.122 e. The summed E-state index contributed by atoms with van der Waals surface area (Å²) in [7, 11) is 3.46. The van der Waals surface area contributed by atoms with Gasteiger partial charge in [-0.25, -0.2) is 0 Å². The maximum absolute atomic E-state index is 6.12. The molecule has 0 spiro atoms. The molecule has 2 aromatic carbocycles. The Morgan fingerprint density at radius 2 is 1.79 bits per heavy atom. The summed E-state index contributed by atoms with van der Waals surface area (Å²) >= 11 is 6.12. The van der Waals surface area contributed by atoms with Gasteiger partial charge in [0.15, 0.2) is 0 Å². The van der Waals surface area contributed by atoms with Crippen molar-refractivity contribution in [1.82, 2.24) is 5.32 Å². The first kappa shape index (κ1) is 17.1. The third-order valence-corrected chi connectivity index (χ3v) is 5.11. The SMILES string of the molecule is COc1ccc(OC)c2c1CCC(NCc1cc(Cl)ccc1C)C2. The van der Waals surface area contributed by atoms with E-state index in [-0.39, 0.29) is 0 Å². The molecule has 128 valence electrons. The van der Waals surface area contributed by atoms with E-state index in [9.17, 15) is 0 Å². The summed E-state index contributed by atoms with van der Waals surface area (Å²) in [4.78, 5) is 0. The standard InChI is InChI=1S/C20H24ClNO2/c1-13-4-5-15(21)10-14(13)12-22-16-6-7-17-18(11-16)20(24-3)9-8-19(17)23-2/h4-5,8-10,16,22H,6-7,11-12H2,1-3H3. The average molecular weight is 346 g/mol. The van der Waals surface area contributed by atoms with E-state index in [4.69, 9.17) is 21.1 Å². The molecule has 0 fully saturated rings. The molecule has 1 aliphatic rings. The van der Waals surface area contributed by atoms with Gasteiger partial charge >= 0.3 is 0 Å². The van der Waals surface area contributed by atoms with Crippen LogP contribution in [0.3, 0.4) is 0 Å². The minimum atomic E-state index is 0.428. The Labute approximate surface area is 148 Å². The van der Waals surface area contributed by atoms with E-state index < -0.39 is 0 Å². The molecule has 3 nitrogen and oxygen atoms in total. The molecule has 1 aliphatic carbocycles. The first-order valence-electron chi connectivity index (χ1n) is 8.33. The summed E-state index contributed by atoms with van der Waals surface area (Å²) in [5.41, 5.74) is 5.07. The van der Waals surface area contributed by atoms with Crippen molar-refractivity contribution >= 4 is 11.6 Å². The van der Waals surface area contributed by atoms with Crippen LogP contribution in [-0.4, -0.2) is 20.3 Å². The molecule has 1 unspecified atom stereocenters. The summed E-state index contributed by atoms with van der Waals surface area (Å²) in [6, 6.07) is 10.5. The van der Waals surface area contributed by atoms with Crippen LogP contribution in [0.2, 0.25) is 5.02 Å². The number of hydrogen-bond donors (Lipinski definition) is 1. The van der Waals surface area contributed by atoms with E-state index in [1.807, 2.05) is 24.3 Å². The highest BCUT2D eigenvalue weighted by atomic mass is 35.5. The van der Waals surface area contributed by atoms with Crippen LogP contribution in [0.5, 0.6) is 11.5 Å². The molecule has 0 radical (unpaired) electrons. The predicted molar refractivity (Wildman–Crippen MR) is 98.4 cm³/mol. The molecule has 0 aliphatic heterocycles. The van der Waals surface area contributed by atoms with Gasteiger partial charge in [-0.2, -0.15) is 0 Å². The Bertz CT molecular complexity index is 730. The second-order valence-electron chi connectivity index (χ2n) is 6.32. The van der Waals surface area contributed by atoms with E-state index >= 15 is 0 Å². The zero-order chi connectivity index (χ0) is 17.1. The van der Waals surface area contributed by atoms with E-state index in [1.165, 1.54) is 22.3 Å². The number of benzene rings is 2. The van der Waals surface area contributed by atoms with Gasteiger partial charge in [0, 0.05) is 28.7 Å². The second kappa shape index (κ2) is 7.45. The number of methoxy groups -OCH3 is 2. The van der Waals surface area contributed by atoms with Crippen molar-refractivity contribution in [2.75, 3.05) is 14.2 Å². The van der Waals surface area contributed by atoms with Crippen LogP contribution in [0.25, 0.3) is 0 Å².